The van der Waals surface area contributed by atoms with E-state index in [1.54, 1.807) is 13.0 Å². The van der Waals surface area contributed by atoms with Gasteiger partial charge in [-0.05, 0) is 25.3 Å². The van der Waals surface area contributed by atoms with Crippen molar-refractivity contribution in [3.8, 4) is 6.07 Å². The largest absolute Gasteiger partial charge is 0.481 e. The Morgan fingerprint density at radius 2 is 2.40 bits per heavy atom. The number of nitrogens with zero attached hydrogens (tertiary/aromatic N) is 1. The molecular formula is C14H16N2O3S. The van der Waals surface area contributed by atoms with Crippen molar-refractivity contribution in [3.63, 3.8) is 0 Å². The van der Waals surface area contributed by atoms with Crippen LogP contribution < -0.4 is 5.32 Å². The molecule has 1 heterocycles. The number of aliphatic carboxylic acids is 1. The lowest BCUT2D eigenvalue weighted by molar-refractivity contribution is -0.148. The van der Waals surface area contributed by atoms with Crippen LogP contribution in [0.1, 0.15) is 12.5 Å². The third kappa shape index (κ3) is 2.47. The van der Waals surface area contributed by atoms with Crippen LogP contribution in [0.3, 0.4) is 0 Å². The van der Waals surface area contributed by atoms with E-state index in [4.69, 9.17) is 4.74 Å². The Labute approximate surface area is 121 Å². The normalized spacial score (nSPS) is 25.1. The van der Waals surface area contributed by atoms with Gasteiger partial charge in [-0.2, -0.15) is 5.26 Å². The van der Waals surface area contributed by atoms with Crippen molar-refractivity contribution in [2.24, 2.45) is 5.41 Å². The summed E-state index contributed by atoms with van der Waals surface area (Å²) in [6, 6.07) is 7.33. The van der Waals surface area contributed by atoms with Gasteiger partial charge >= 0.3 is 5.97 Å². The molecule has 20 heavy (non-hydrogen) atoms. The van der Waals surface area contributed by atoms with E-state index in [-0.39, 0.29) is 12.6 Å². The number of carboxylic acid groups (broad SMARTS) is 1. The van der Waals surface area contributed by atoms with Crippen molar-refractivity contribution < 1.29 is 14.6 Å². The van der Waals surface area contributed by atoms with Crippen molar-refractivity contribution in [2.75, 3.05) is 24.8 Å². The van der Waals surface area contributed by atoms with Crippen molar-refractivity contribution in [1.29, 1.82) is 5.26 Å². The maximum atomic E-state index is 11.4. The van der Waals surface area contributed by atoms with Crippen LogP contribution >= 0.6 is 11.8 Å². The minimum Gasteiger partial charge on any atom is -0.481 e. The lowest BCUT2D eigenvalue weighted by Crippen LogP contribution is -2.43. The van der Waals surface area contributed by atoms with Gasteiger partial charge in [-0.25, -0.2) is 0 Å². The van der Waals surface area contributed by atoms with Gasteiger partial charge in [0.1, 0.15) is 11.5 Å². The predicted octanol–water partition coefficient (Wildman–Crippen LogP) is 2.18. The quantitative estimate of drug-likeness (QED) is 0.828. The van der Waals surface area contributed by atoms with Crippen LogP contribution in [0, 0.1) is 16.7 Å². The highest BCUT2D eigenvalue weighted by Crippen LogP contribution is 2.33. The van der Waals surface area contributed by atoms with Crippen molar-refractivity contribution in [3.05, 3.63) is 23.8 Å². The fraction of sp³-hybridized carbons (Fsp3) is 0.429. The second-order valence-corrected chi connectivity index (χ2v) is 5.78. The number of nitriles is 1. The summed E-state index contributed by atoms with van der Waals surface area (Å²) in [5.74, 6) is -0.896. The summed E-state index contributed by atoms with van der Waals surface area (Å²) in [7, 11) is 0. The van der Waals surface area contributed by atoms with Gasteiger partial charge in [-0.15, -0.1) is 11.8 Å². The highest BCUT2D eigenvalue weighted by molar-refractivity contribution is 7.98. The number of thioether (sulfide) groups is 1. The fourth-order valence-corrected chi connectivity index (χ4v) is 2.78. The molecule has 1 aliphatic rings. The number of benzene rings is 1. The van der Waals surface area contributed by atoms with E-state index in [0.29, 0.717) is 17.9 Å². The summed E-state index contributed by atoms with van der Waals surface area (Å²) in [6.07, 6.45) is 1.90. The summed E-state index contributed by atoms with van der Waals surface area (Å²) in [4.78, 5) is 12.3. The van der Waals surface area contributed by atoms with E-state index >= 15 is 0 Å². The second kappa shape index (κ2) is 5.73. The lowest BCUT2D eigenvalue weighted by Gasteiger charge is -2.27. The third-order valence-corrected chi connectivity index (χ3v) is 4.41. The molecule has 0 bridgehead atoms. The molecule has 0 spiro atoms. The molecule has 0 aromatic heterocycles. The summed E-state index contributed by atoms with van der Waals surface area (Å²) in [6.45, 7) is 2.14. The zero-order valence-corrected chi connectivity index (χ0v) is 12.2. The molecule has 1 aromatic carbocycles. The molecule has 1 fully saturated rings. The number of nitrogens with one attached hydrogen (secondary N) is 1. The van der Waals surface area contributed by atoms with Gasteiger partial charge < -0.3 is 15.2 Å². The first-order valence-corrected chi connectivity index (χ1v) is 7.40. The number of hydrogen-bond donors (Lipinski definition) is 2. The van der Waals surface area contributed by atoms with Gasteiger partial charge in [-0.3, -0.25) is 4.79 Å². The molecule has 1 saturated heterocycles. The average Bonchev–Trinajstić information content (AvgIpc) is 2.81. The number of carboxylic acids is 1. The van der Waals surface area contributed by atoms with Crippen LogP contribution in [0.25, 0.3) is 0 Å². The molecule has 5 nitrogen and oxygen atoms in total. The van der Waals surface area contributed by atoms with Crippen LogP contribution in [-0.2, 0) is 9.53 Å². The molecule has 0 radical (unpaired) electrons. The average molecular weight is 292 g/mol. The first-order chi connectivity index (χ1) is 9.52. The van der Waals surface area contributed by atoms with Gasteiger partial charge in [0, 0.05) is 4.90 Å². The van der Waals surface area contributed by atoms with E-state index in [0.717, 1.165) is 4.90 Å². The lowest BCUT2D eigenvalue weighted by atomic mass is 9.85. The number of rotatable bonds is 4. The van der Waals surface area contributed by atoms with E-state index in [2.05, 4.69) is 11.4 Å². The Morgan fingerprint density at radius 3 is 3.00 bits per heavy atom. The van der Waals surface area contributed by atoms with Gasteiger partial charge in [0.05, 0.1) is 30.5 Å². The fourth-order valence-electron chi connectivity index (χ4n) is 2.21. The monoisotopic (exact) mass is 292 g/mol. The number of hydrogen-bond acceptors (Lipinski definition) is 5. The molecular weight excluding hydrogens is 276 g/mol. The Hall–Kier alpha value is -1.71. The van der Waals surface area contributed by atoms with E-state index < -0.39 is 11.4 Å². The van der Waals surface area contributed by atoms with Crippen LogP contribution in [0.5, 0.6) is 0 Å². The first kappa shape index (κ1) is 14.7. The maximum Gasteiger partial charge on any atom is 0.313 e. The Morgan fingerprint density at radius 1 is 1.65 bits per heavy atom. The smallest absolute Gasteiger partial charge is 0.313 e. The van der Waals surface area contributed by atoms with Crippen LogP contribution in [0.2, 0.25) is 0 Å². The van der Waals surface area contributed by atoms with Crippen LogP contribution in [0.4, 0.5) is 5.69 Å². The zero-order chi connectivity index (χ0) is 14.8. The van der Waals surface area contributed by atoms with E-state index in [1.165, 1.54) is 11.8 Å². The minimum absolute atomic E-state index is 0.171. The minimum atomic E-state index is -0.984. The van der Waals surface area contributed by atoms with Crippen molar-refractivity contribution in [1.82, 2.24) is 0 Å². The topological polar surface area (TPSA) is 82.3 Å². The van der Waals surface area contributed by atoms with Crippen LogP contribution in [-0.4, -0.2) is 36.6 Å². The molecule has 0 saturated carbocycles. The predicted molar refractivity (Wildman–Crippen MR) is 76.9 cm³/mol. The Kier molecular flexibility index (Phi) is 4.21. The van der Waals surface area contributed by atoms with Gasteiger partial charge in [0.25, 0.3) is 0 Å². The number of anilines is 1. The summed E-state index contributed by atoms with van der Waals surface area (Å²) < 4.78 is 5.30. The molecule has 2 rings (SSSR count). The third-order valence-electron chi connectivity index (χ3n) is 3.63. The molecule has 0 aliphatic carbocycles. The standard InChI is InChI=1S/C14H16N2O3S/c1-14(13(17)18)8-19-7-12(14)16-10-4-3-5-11(20-2)9(10)6-15/h3-5,12,16H,7-8H2,1-2H3,(H,17,18). The molecule has 106 valence electrons. The van der Waals surface area contributed by atoms with Gasteiger partial charge in [-0.1, -0.05) is 6.07 Å². The molecule has 2 atom stereocenters. The van der Waals surface area contributed by atoms with Crippen molar-refractivity contribution >= 4 is 23.4 Å². The molecule has 0 amide bonds. The highest BCUT2D eigenvalue weighted by atomic mass is 32.2. The molecule has 2 unspecified atom stereocenters. The van der Waals surface area contributed by atoms with E-state index in [1.807, 2.05) is 18.4 Å². The zero-order valence-electron chi connectivity index (χ0n) is 11.3. The summed E-state index contributed by atoms with van der Waals surface area (Å²) in [5.41, 5.74) is 0.212. The molecule has 1 aromatic rings. The Bertz CT molecular complexity index is 570. The molecule has 1 aliphatic heterocycles. The maximum absolute atomic E-state index is 11.4. The summed E-state index contributed by atoms with van der Waals surface area (Å²) >= 11 is 1.49. The SMILES string of the molecule is CSc1cccc(NC2COCC2(C)C(=O)O)c1C#N. The van der Waals surface area contributed by atoms with Gasteiger partial charge in [0.15, 0.2) is 0 Å². The highest BCUT2D eigenvalue weighted by Gasteiger charge is 2.46. The molecule has 6 heteroatoms. The number of ether oxygens (including phenoxy) is 1. The Balaban J connectivity index is 2.31. The first-order valence-electron chi connectivity index (χ1n) is 6.17. The number of carbonyl (C=O) groups is 1. The van der Waals surface area contributed by atoms with Gasteiger partial charge in [0.2, 0.25) is 0 Å². The van der Waals surface area contributed by atoms with E-state index in [9.17, 15) is 15.2 Å². The van der Waals surface area contributed by atoms with Crippen LogP contribution in [0.15, 0.2) is 23.1 Å². The molecule has 2 N–H and O–H groups in total. The van der Waals surface area contributed by atoms with Crippen molar-refractivity contribution in [2.45, 2.75) is 17.9 Å². The second-order valence-electron chi connectivity index (χ2n) is 4.93. The summed E-state index contributed by atoms with van der Waals surface area (Å²) in [5, 5.41) is 21.8.